The highest BCUT2D eigenvalue weighted by Gasteiger charge is 2.72. The molecular weight excluding hydrogens is 401 g/mol. The monoisotopic (exact) mass is 428 g/mol. The molecule has 10 heteroatoms. The van der Waals surface area contributed by atoms with E-state index in [1.165, 1.54) is 0 Å². The van der Waals surface area contributed by atoms with Crippen LogP contribution in [0.3, 0.4) is 0 Å². The Bertz CT molecular complexity index is 439. The zero-order valence-corrected chi connectivity index (χ0v) is 16.5. The summed E-state index contributed by atoms with van der Waals surface area (Å²) in [7, 11) is 0. The van der Waals surface area contributed by atoms with Crippen LogP contribution in [0.1, 0.15) is 65.7 Å². The molecule has 0 aliphatic carbocycles. The first-order chi connectivity index (χ1) is 12.3. The van der Waals surface area contributed by atoms with E-state index in [2.05, 4.69) is 0 Å². The second kappa shape index (κ2) is 11.4. The SMILES string of the molecule is CCCCCC(SCCCCC(F)(F)C(F)(F)C(F)(F)F)C(=O)OC(C)C. The summed E-state index contributed by atoms with van der Waals surface area (Å²) in [5.41, 5.74) is 0. The number of hydrogen-bond acceptors (Lipinski definition) is 3. The number of hydrogen-bond donors (Lipinski definition) is 0. The van der Waals surface area contributed by atoms with Crippen LogP contribution >= 0.6 is 11.8 Å². The number of thioether (sulfide) groups is 1. The third-order valence-electron chi connectivity index (χ3n) is 3.70. The largest absolute Gasteiger partial charge is 0.462 e. The number of rotatable bonds is 13. The number of halogens is 7. The molecule has 0 aromatic carbocycles. The molecule has 0 aromatic heterocycles. The van der Waals surface area contributed by atoms with Crippen LogP contribution in [-0.2, 0) is 9.53 Å². The van der Waals surface area contributed by atoms with E-state index in [9.17, 15) is 35.5 Å². The third-order valence-corrected chi connectivity index (χ3v) is 5.06. The molecule has 0 fully saturated rings. The molecule has 1 atom stereocenters. The molecule has 0 aliphatic heterocycles. The molecule has 0 saturated carbocycles. The summed E-state index contributed by atoms with van der Waals surface area (Å²) in [5.74, 6) is -11.5. The van der Waals surface area contributed by atoms with Crippen molar-refractivity contribution < 1.29 is 40.3 Å². The van der Waals surface area contributed by atoms with Gasteiger partial charge >= 0.3 is 24.0 Å². The molecule has 0 aromatic rings. The second-order valence-corrected chi connectivity index (χ2v) is 7.89. The molecule has 162 valence electrons. The summed E-state index contributed by atoms with van der Waals surface area (Å²) in [6, 6.07) is 0. The predicted molar refractivity (Wildman–Crippen MR) is 91.4 cm³/mol. The molecule has 0 N–H and O–H groups in total. The summed E-state index contributed by atoms with van der Waals surface area (Å²) in [5, 5.41) is -0.504. The van der Waals surface area contributed by atoms with Crippen molar-refractivity contribution >= 4 is 17.7 Å². The van der Waals surface area contributed by atoms with Crippen molar-refractivity contribution in [1.29, 1.82) is 0 Å². The molecule has 0 radical (unpaired) electrons. The van der Waals surface area contributed by atoms with Crippen molar-refractivity contribution in [3.8, 4) is 0 Å². The Labute approximate surface area is 159 Å². The van der Waals surface area contributed by atoms with E-state index in [0.29, 0.717) is 6.42 Å². The van der Waals surface area contributed by atoms with Gasteiger partial charge in [-0.05, 0) is 38.9 Å². The zero-order valence-electron chi connectivity index (χ0n) is 15.7. The molecule has 2 nitrogen and oxygen atoms in total. The number of carbonyl (C=O) groups excluding carboxylic acids is 1. The maximum absolute atomic E-state index is 13.2. The molecule has 0 amide bonds. The molecule has 0 heterocycles. The maximum Gasteiger partial charge on any atom is 0.459 e. The minimum Gasteiger partial charge on any atom is -0.462 e. The van der Waals surface area contributed by atoms with Gasteiger partial charge in [-0.15, -0.1) is 11.8 Å². The highest BCUT2D eigenvalue weighted by Crippen LogP contribution is 2.48. The Kier molecular flexibility index (Phi) is 11.1. The minimum absolute atomic E-state index is 0.00652. The van der Waals surface area contributed by atoms with Gasteiger partial charge in [-0.2, -0.15) is 30.7 Å². The van der Waals surface area contributed by atoms with Gasteiger partial charge in [-0.3, -0.25) is 4.79 Å². The predicted octanol–water partition coefficient (Wildman–Crippen LogP) is 6.62. The highest BCUT2D eigenvalue weighted by atomic mass is 32.2. The van der Waals surface area contributed by atoms with E-state index >= 15 is 0 Å². The van der Waals surface area contributed by atoms with Gasteiger partial charge in [0, 0.05) is 6.42 Å². The first-order valence-electron chi connectivity index (χ1n) is 8.90. The van der Waals surface area contributed by atoms with Gasteiger partial charge < -0.3 is 4.74 Å². The average molecular weight is 428 g/mol. The van der Waals surface area contributed by atoms with Crippen molar-refractivity contribution in [1.82, 2.24) is 0 Å². The lowest BCUT2D eigenvalue weighted by molar-refractivity contribution is -0.355. The van der Waals surface area contributed by atoms with E-state index in [1.54, 1.807) is 13.8 Å². The van der Waals surface area contributed by atoms with Gasteiger partial charge in [0.2, 0.25) is 0 Å². The van der Waals surface area contributed by atoms with Crippen LogP contribution in [0.15, 0.2) is 0 Å². The zero-order chi connectivity index (χ0) is 21.3. The van der Waals surface area contributed by atoms with E-state index in [1.807, 2.05) is 6.92 Å². The van der Waals surface area contributed by atoms with Gasteiger partial charge in [-0.1, -0.05) is 26.2 Å². The maximum atomic E-state index is 13.2. The van der Waals surface area contributed by atoms with E-state index in [-0.39, 0.29) is 18.3 Å². The molecule has 27 heavy (non-hydrogen) atoms. The van der Waals surface area contributed by atoms with Crippen LogP contribution < -0.4 is 0 Å². The van der Waals surface area contributed by atoms with E-state index in [0.717, 1.165) is 31.0 Å². The minimum atomic E-state index is -6.30. The topological polar surface area (TPSA) is 26.3 Å². The van der Waals surface area contributed by atoms with Gasteiger partial charge in [0.25, 0.3) is 0 Å². The summed E-state index contributed by atoms with van der Waals surface area (Å²) < 4.78 is 93.4. The molecule has 0 spiro atoms. The Morgan fingerprint density at radius 1 is 0.963 bits per heavy atom. The normalized spacial score (nSPS) is 14.5. The van der Waals surface area contributed by atoms with Gasteiger partial charge in [-0.25, -0.2) is 0 Å². The third kappa shape index (κ3) is 8.91. The summed E-state index contributed by atoms with van der Waals surface area (Å²) >= 11 is 1.16. The lowest BCUT2D eigenvalue weighted by atomic mass is 10.0. The molecule has 0 rings (SSSR count). The molecule has 0 aliphatic rings. The molecular formula is C17H27F7O2S. The van der Waals surface area contributed by atoms with Crippen molar-refractivity contribution in [3.05, 3.63) is 0 Å². The van der Waals surface area contributed by atoms with E-state index in [4.69, 9.17) is 4.74 Å². The molecule has 0 bridgehead atoms. The Morgan fingerprint density at radius 3 is 2.04 bits per heavy atom. The summed E-state index contributed by atoms with van der Waals surface area (Å²) in [4.78, 5) is 12.0. The fraction of sp³-hybridized carbons (Fsp3) is 0.941. The van der Waals surface area contributed by atoms with Gasteiger partial charge in [0.1, 0.15) is 5.25 Å². The lowest BCUT2D eigenvalue weighted by Gasteiger charge is -2.28. The Hall–Kier alpha value is -0.670. The summed E-state index contributed by atoms with van der Waals surface area (Å²) in [6.07, 6.45) is -5.53. The number of esters is 1. The second-order valence-electron chi connectivity index (χ2n) is 6.57. The van der Waals surface area contributed by atoms with E-state index < -0.39 is 42.1 Å². The first-order valence-corrected chi connectivity index (χ1v) is 9.95. The van der Waals surface area contributed by atoms with Crippen LogP contribution in [-0.4, -0.2) is 41.1 Å². The smallest absolute Gasteiger partial charge is 0.459 e. The highest BCUT2D eigenvalue weighted by molar-refractivity contribution is 8.00. The quantitative estimate of drug-likeness (QED) is 0.187. The van der Waals surface area contributed by atoms with Crippen LogP contribution in [0.5, 0.6) is 0 Å². The number of carbonyl (C=O) groups is 1. The van der Waals surface area contributed by atoms with Crippen LogP contribution in [0.2, 0.25) is 0 Å². The van der Waals surface area contributed by atoms with Crippen LogP contribution in [0, 0.1) is 0 Å². The number of ether oxygens (including phenoxy) is 1. The van der Waals surface area contributed by atoms with Crippen LogP contribution in [0.25, 0.3) is 0 Å². The van der Waals surface area contributed by atoms with Crippen molar-refractivity contribution in [3.63, 3.8) is 0 Å². The average Bonchev–Trinajstić information content (AvgIpc) is 2.50. The molecule has 0 saturated heterocycles. The fourth-order valence-electron chi connectivity index (χ4n) is 2.20. The fourth-order valence-corrected chi connectivity index (χ4v) is 3.38. The Morgan fingerprint density at radius 2 is 1.56 bits per heavy atom. The number of alkyl halides is 7. The van der Waals surface area contributed by atoms with Crippen molar-refractivity contribution in [2.75, 3.05) is 5.75 Å². The standard InChI is InChI=1S/C17H27F7O2S/c1-4-5-6-9-13(14(25)26-12(2)3)27-11-8-7-10-15(18,19)16(20,21)17(22,23)24/h12-13H,4-11H2,1-3H3. The first kappa shape index (κ1) is 26.3. The summed E-state index contributed by atoms with van der Waals surface area (Å²) in [6.45, 7) is 5.37. The molecule has 1 unspecified atom stereocenters. The lowest BCUT2D eigenvalue weighted by Crippen LogP contribution is -2.51. The van der Waals surface area contributed by atoms with Gasteiger partial charge in [0.15, 0.2) is 0 Å². The Balaban J connectivity index is 4.49. The van der Waals surface area contributed by atoms with Crippen LogP contribution in [0.4, 0.5) is 30.7 Å². The van der Waals surface area contributed by atoms with Gasteiger partial charge in [0.05, 0.1) is 6.10 Å². The van der Waals surface area contributed by atoms with Crippen molar-refractivity contribution in [2.24, 2.45) is 0 Å². The van der Waals surface area contributed by atoms with Crippen molar-refractivity contribution in [2.45, 2.75) is 95.1 Å². The number of unbranched alkanes of at least 4 members (excludes halogenated alkanes) is 3.